The van der Waals surface area contributed by atoms with Crippen molar-refractivity contribution >= 4 is 28.9 Å². The molecule has 10 nitrogen and oxygen atoms in total. The van der Waals surface area contributed by atoms with E-state index in [0.29, 0.717) is 36.3 Å². The van der Waals surface area contributed by atoms with Crippen LogP contribution in [-0.4, -0.2) is 97.3 Å². The molecule has 0 unspecified atom stereocenters. The number of carbonyl (C=O) groups excluding carboxylic acids is 1. The van der Waals surface area contributed by atoms with Gasteiger partial charge in [0, 0.05) is 81.5 Å². The molecule has 0 saturated carbocycles. The van der Waals surface area contributed by atoms with Crippen LogP contribution in [0.4, 0.5) is 27.4 Å². The number of hydrogen-bond donors (Lipinski definition) is 3. The molecule has 0 aliphatic carbocycles. The number of anilines is 4. The number of aromatic nitrogens is 2. The van der Waals surface area contributed by atoms with Gasteiger partial charge in [0.2, 0.25) is 0 Å². The van der Waals surface area contributed by atoms with Crippen LogP contribution >= 0.6 is 0 Å². The second kappa shape index (κ2) is 13.2. The molecule has 6 rings (SSSR count). The zero-order valence-corrected chi connectivity index (χ0v) is 24.8. The van der Waals surface area contributed by atoms with Crippen molar-refractivity contribution in [1.82, 2.24) is 19.8 Å². The molecule has 1 amide bonds. The van der Waals surface area contributed by atoms with Gasteiger partial charge in [0.25, 0.3) is 5.91 Å². The van der Waals surface area contributed by atoms with Gasteiger partial charge in [-0.15, -0.1) is 0 Å². The number of nitrogens with one attached hydrogen (secondary N) is 2. The van der Waals surface area contributed by atoms with Crippen LogP contribution in [-0.2, 0) is 4.74 Å². The lowest BCUT2D eigenvalue weighted by atomic mass is 10.0. The fourth-order valence-corrected chi connectivity index (χ4v) is 6.21. The van der Waals surface area contributed by atoms with E-state index in [1.165, 1.54) is 30.7 Å². The number of ether oxygens (including phenoxy) is 1. The van der Waals surface area contributed by atoms with E-state index in [-0.39, 0.29) is 23.4 Å². The molecule has 11 heteroatoms. The Balaban J connectivity index is 1.19. The third kappa shape index (κ3) is 7.06. The maximum atomic E-state index is 13.7. The molecule has 0 bridgehead atoms. The third-order valence-corrected chi connectivity index (χ3v) is 8.82. The summed E-state index contributed by atoms with van der Waals surface area (Å²) in [5.41, 5.74) is 8.83. The largest absolute Gasteiger partial charge is 0.381 e. The predicted molar refractivity (Wildman–Crippen MR) is 167 cm³/mol. The third-order valence-electron chi connectivity index (χ3n) is 8.82. The number of rotatable bonds is 8. The van der Waals surface area contributed by atoms with Crippen molar-refractivity contribution < 1.29 is 13.9 Å². The van der Waals surface area contributed by atoms with Crippen molar-refractivity contribution in [2.45, 2.75) is 37.8 Å². The normalized spacial score (nSPS) is 19.3. The Hall–Kier alpha value is -3.80. The fourth-order valence-electron chi connectivity index (χ4n) is 6.21. The van der Waals surface area contributed by atoms with Crippen molar-refractivity contribution in [2.75, 3.05) is 75.1 Å². The van der Waals surface area contributed by atoms with Gasteiger partial charge in [0.1, 0.15) is 11.5 Å². The molecule has 3 aliphatic heterocycles. The van der Waals surface area contributed by atoms with Crippen molar-refractivity contribution in [1.29, 1.82) is 0 Å². The Labute approximate surface area is 252 Å². The minimum absolute atomic E-state index is 0.0203. The number of nitrogens with zero attached hydrogens (tertiary/aromatic N) is 5. The molecule has 0 atom stereocenters. The Morgan fingerprint density at radius 2 is 1.56 bits per heavy atom. The maximum Gasteiger partial charge on any atom is 0.271 e. The highest BCUT2D eigenvalue weighted by atomic mass is 19.1. The molecule has 1 aromatic heterocycles. The number of piperidine rings is 1. The standard InChI is InChI=1S/C32H41FN8O2/c1-39-16-18-41(19-17-39)27-10-14-40(15-11-27)26-8-6-24(7-9-26)35-32-29(30(34)42)37-28(22-2-4-23(33)5-3-22)31(38-32)36-25-12-20-43-21-13-25/h2-9,25,27H,10-21H2,1H3,(H2,34,42)(H2,35,36,38). The molecule has 4 N–H and O–H groups in total. The van der Waals surface area contributed by atoms with E-state index in [9.17, 15) is 9.18 Å². The van der Waals surface area contributed by atoms with Gasteiger partial charge in [0.05, 0.1) is 0 Å². The zero-order chi connectivity index (χ0) is 29.8. The molecule has 4 heterocycles. The number of hydrogen-bond acceptors (Lipinski definition) is 9. The molecular formula is C32H41FN8O2. The van der Waals surface area contributed by atoms with Crippen molar-refractivity contribution in [2.24, 2.45) is 5.73 Å². The molecule has 0 spiro atoms. The van der Waals surface area contributed by atoms with Gasteiger partial charge >= 0.3 is 0 Å². The lowest BCUT2D eigenvalue weighted by Gasteiger charge is -2.42. The van der Waals surface area contributed by atoms with E-state index >= 15 is 0 Å². The number of nitrogens with two attached hydrogens (primary N) is 1. The number of halogens is 1. The summed E-state index contributed by atoms with van der Waals surface area (Å²) in [6.07, 6.45) is 3.98. The zero-order valence-electron chi connectivity index (χ0n) is 24.8. The number of benzene rings is 2. The molecule has 43 heavy (non-hydrogen) atoms. The van der Waals surface area contributed by atoms with E-state index in [2.05, 4.69) is 49.5 Å². The second-order valence-electron chi connectivity index (χ2n) is 11.7. The summed E-state index contributed by atoms with van der Waals surface area (Å²) in [7, 11) is 2.20. The highest BCUT2D eigenvalue weighted by molar-refractivity contribution is 5.97. The fraction of sp³-hybridized carbons (Fsp3) is 0.469. The molecule has 0 radical (unpaired) electrons. The Morgan fingerprint density at radius 3 is 2.21 bits per heavy atom. The molecular weight excluding hydrogens is 547 g/mol. The van der Waals surface area contributed by atoms with E-state index in [1.807, 2.05) is 12.1 Å². The van der Waals surface area contributed by atoms with E-state index in [0.717, 1.165) is 57.8 Å². The van der Waals surface area contributed by atoms with Crippen molar-refractivity contribution in [3.63, 3.8) is 0 Å². The highest BCUT2D eigenvalue weighted by Gasteiger charge is 2.27. The van der Waals surface area contributed by atoms with Gasteiger partial charge in [-0.2, -0.15) is 0 Å². The number of primary amides is 1. The molecule has 228 valence electrons. The van der Waals surface area contributed by atoms with Gasteiger partial charge in [0.15, 0.2) is 17.3 Å². The summed E-state index contributed by atoms with van der Waals surface area (Å²) in [6.45, 7) is 8.00. The monoisotopic (exact) mass is 588 g/mol. The number of amides is 1. The van der Waals surface area contributed by atoms with E-state index in [1.54, 1.807) is 12.1 Å². The van der Waals surface area contributed by atoms with Gasteiger partial charge < -0.3 is 30.9 Å². The van der Waals surface area contributed by atoms with Gasteiger partial charge in [-0.3, -0.25) is 9.69 Å². The highest BCUT2D eigenvalue weighted by Crippen LogP contribution is 2.31. The van der Waals surface area contributed by atoms with E-state index in [4.69, 9.17) is 15.5 Å². The second-order valence-corrected chi connectivity index (χ2v) is 11.7. The van der Waals surface area contributed by atoms with Crippen LogP contribution in [0.5, 0.6) is 0 Å². The quantitative estimate of drug-likeness (QED) is 0.360. The van der Waals surface area contributed by atoms with Gasteiger partial charge in [-0.1, -0.05) is 0 Å². The molecule has 3 aliphatic rings. The summed E-state index contributed by atoms with van der Waals surface area (Å²) in [6, 6.07) is 15.0. The first-order chi connectivity index (χ1) is 20.9. The van der Waals surface area contributed by atoms with Crippen LogP contribution in [0.3, 0.4) is 0 Å². The van der Waals surface area contributed by atoms with Crippen LogP contribution in [0.25, 0.3) is 11.3 Å². The minimum atomic E-state index is -0.698. The Kier molecular flexibility index (Phi) is 9.01. The summed E-state index contributed by atoms with van der Waals surface area (Å²) in [5, 5.41) is 6.76. The smallest absolute Gasteiger partial charge is 0.271 e. The lowest BCUT2D eigenvalue weighted by molar-refractivity contribution is 0.0904. The Morgan fingerprint density at radius 1 is 0.884 bits per heavy atom. The average molecular weight is 589 g/mol. The first-order valence-electron chi connectivity index (χ1n) is 15.3. The van der Waals surface area contributed by atoms with Crippen LogP contribution in [0.2, 0.25) is 0 Å². The molecule has 3 fully saturated rings. The lowest BCUT2D eigenvalue weighted by Crippen LogP contribution is -2.52. The van der Waals surface area contributed by atoms with Gasteiger partial charge in [-0.25, -0.2) is 14.4 Å². The van der Waals surface area contributed by atoms with Gasteiger partial charge in [-0.05, 0) is 81.3 Å². The first kappa shape index (κ1) is 29.3. The number of piperazine rings is 1. The molecule has 2 aromatic carbocycles. The summed E-state index contributed by atoms with van der Waals surface area (Å²) >= 11 is 0. The van der Waals surface area contributed by atoms with Crippen molar-refractivity contribution in [3.05, 3.63) is 60.0 Å². The van der Waals surface area contributed by atoms with Crippen LogP contribution in [0, 0.1) is 5.82 Å². The van der Waals surface area contributed by atoms with Crippen LogP contribution < -0.4 is 21.3 Å². The minimum Gasteiger partial charge on any atom is -0.381 e. The van der Waals surface area contributed by atoms with Crippen LogP contribution in [0.15, 0.2) is 48.5 Å². The number of likely N-dealkylation sites (N-methyl/N-ethyl adjacent to an activating group) is 1. The number of carbonyl (C=O) groups is 1. The maximum absolute atomic E-state index is 13.7. The SMILES string of the molecule is CN1CCN(C2CCN(c3ccc(Nc4nc(NC5CCOCC5)c(-c5ccc(F)cc5)nc4C(N)=O)cc3)CC2)CC1. The first-order valence-corrected chi connectivity index (χ1v) is 15.3. The summed E-state index contributed by atoms with van der Waals surface area (Å²) in [4.78, 5) is 29.5. The van der Waals surface area contributed by atoms with E-state index < -0.39 is 5.91 Å². The van der Waals surface area contributed by atoms with Crippen LogP contribution in [0.1, 0.15) is 36.2 Å². The predicted octanol–water partition coefficient (Wildman–Crippen LogP) is 3.93. The molecule has 3 saturated heterocycles. The topological polar surface area (TPSA) is 112 Å². The Bertz CT molecular complexity index is 1380. The average Bonchev–Trinajstić information content (AvgIpc) is 3.03. The molecule has 3 aromatic rings. The summed E-state index contributed by atoms with van der Waals surface area (Å²) in [5.74, 6) is -0.276. The van der Waals surface area contributed by atoms with Crippen molar-refractivity contribution in [3.8, 4) is 11.3 Å². The summed E-state index contributed by atoms with van der Waals surface area (Å²) < 4.78 is 19.2.